The maximum absolute atomic E-state index is 13.4. The minimum absolute atomic E-state index is 0.192. The fourth-order valence-electron chi connectivity index (χ4n) is 3.55. The molecule has 3 aromatic carbocycles. The van der Waals surface area contributed by atoms with Gasteiger partial charge in [-0.1, -0.05) is 54.6 Å². The normalized spacial score (nSPS) is 15.7. The number of halogens is 3. The number of nitrogens with two attached hydrogens (primary N) is 1. The molecule has 0 radical (unpaired) electrons. The lowest BCUT2D eigenvalue weighted by Crippen LogP contribution is -2.45. The van der Waals surface area contributed by atoms with Crippen molar-refractivity contribution in [2.45, 2.75) is 18.8 Å². The summed E-state index contributed by atoms with van der Waals surface area (Å²) < 4.78 is 40.3. The Morgan fingerprint density at radius 2 is 1.65 bits per heavy atom. The van der Waals surface area contributed by atoms with Crippen LogP contribution in [0.25, 0.3) is 0 Å². The molecule has 4 rings (SSSR count). The summed E-state index contributed by atoms with van der Waals surface area (Å²) in [6, 6.07) is 19.4. The highest BCUT2D eigenvalue weighted by molar-refractivity contribution is 6.11. The van der Waals surface area contributed by atoms with Crippen LogP contribution in [0.4, 0.5) is 24.5 Å². The lowest BCUT2D eigenvalue weighted by Gasteiger charge is -2.24. The average Bonchev–Trinajstić information content (AvgIpc) is 3.31. The van der Waals surface area contributed by atoms with Crippen molar-refractivity contribution < 1.29 is 22.8 Å². The number of carbonyl (C=O) groups excluding carboxylic acids is 2. The van der Waals surface area contributed by atoms with Gasteiger partial charge in [-0.15, -0.1) is 0 Å². The van der Waals surface area contributed by atoms with Gasteiger partial charge in [-0.2, -0.15) is 13.2 Å². The highest BCUT2D eigenvalue weighted by Gasteiger charge is 2.45. The number of hydrogen-bond donors (Lipinski definition) is 3. The van der Waals surface area contributed by atoms with Crippen LogP contribution in [0.5, 0.6) is 0 Å². The van der Waals surface area contributed by atoms with E-state index >= 15 is 0 Å². The number of benzene rings is 3. The van der Waals surface area contributed by atoms with Crippen LogP contribution in [0.15, 0.2) is 90.6 Å². The van der Waals surface area contributed by atoms with E-state index in [0.717, 1.165) is 11.1 Å². The van der Waals surface area contributed by atoms with E-state index in [1.807, 2.05) is 0 Å². The molecule has 1 heterocycles. The molecule has 1 atom stereocenters. The van der Waals surface area contributed by atoms with Crippen LogP contribution in [0.1, 0.15) is 21.5 Å². The van der Waals surface area contributed by atoms with Gasteiger partial charge in [-0.3, -0.25) is 14.6 Å². The molecule has 34 heavy (non-hydrogen) atoms. The zero-order valence-electron chi connectivity index (χ0n) is 17.8. The quantitative estimate of drug-likeness (QED) is 0.475. The van der Waals surface area contributed by atoms with E-state index in [1.54, 1.807) is 72.8 Å². The summed E-state index contributed by atoms with van der Waals surface area (Å²) in [7, 11) is 0. The van der Waals surface area contributed by atoms with E-state index in [0.29, 0.717) is 22.4 Å². The molecule has 3 aromatic rings. The number of nitrogens with zero attached hydrogens (tertiary/aromatic N) is 1. The molecule has 0 fully saturated rings. The molecule has 4 N–H and O–H groups in total. The number of ketones is 1. The molecule has 0 spiro atoms. The first-order valence-corrected chi connectivity index (χ1v) is 10.4. The number of hydrogen-bond acceptors (Lipinski definition) is 5. The Balaban J connectivity index is 1.60. The number of alkyl halides is 3. The first-order valence-electron chi connectivity index (χ1n) is 10.4. The molecule has 174 valence electrons. The van der Waals surface area contributed by atoms with Gasteiger partial charge in [0, 0.05) is 23.4 Å². The molecule has 0 aliphatic carbocycles. The van der Waals surface area contributed by atoms with Gasteiger partial charge in [-0.25, -0.2) is 5.43 Å². The molecular weight excluding hydrogens is 445 g/mol. The Hall–Kier alpha value is -3.95. The van der Waals surface area contributed by atoms with Crippen molar-refractivity contribution in [1.82, 2.24) is 5.43 Å². The first-order chi connectivity index (χ1) is 16.3. The van der Waals surface area contributed by atoms with Gasteiger partial charge in [0.1, 0.15) is 11.7 Å². The van der Waals surface area contributed by atoms with Gasteiger partial charge in [-0.05, 0) is 35.9 Å². The van der Waals surface area contributed by atoms with Crippen LogP contribution >= 0.6 is 0 Å². The van der Waals surface area contributed by atoms with E-state index < -0.39 is 18.1 Å². The van der Waals surface area contributed by atoms with Crippen LogP contribution in [-0.2, 0) is 11.3 Å². The highest BCUT2D eigenvalue weighted by Crippen LogP contribution is 2.31. The SMILES string of the molecule is NCc1cccc(N2NC(C(F)(F)F)C=C2C(=O)Nc2cccc(C(=O)c3ccccc3)c2)c1. The summed E-state index contributed by atoms with van der Waals surface area (Å²) in [6.07, 6.45) is -3.78. The van der Waals surface area contributed by atoms with Gasteiger partial charge in [0.15, 0.2) is 5.78 Å². The molecule has 6 nitrogen and oxygen atoms in total. The van der Waals surface area contributed by atoms with E-state index in [4.69, 9.17) is 5.73 Å². The van der Waals surface area contributed by atoms with Crippen LogP contribution in [0, 0.1) is 0 Å². The van der Waals surface area contributed by atoms with Gasteiger partial charge in [0.25, 0.3) is 5.91 Å². The van der Waals surface area contributed by atoms with Gasteiger partial charge in [0.05, 0.1) is 5.69 Å². The standard InChI is InChI=1S/C25H21F3N4O2/c26-25(27,28)22-14-21(32(31-22)20-11-4-6-16(12-20)15-29)24(34)30-19-10-5-9-18(13-19)23(33)17-7-2-1-3-8-17/h1-14,22,31H,15,29H2,(H,30,34). The Labute approximate surface area is 193 Å². The summed E-state index contributed by atoms with van der Waals surface area (Å²) >= 11 is 0. The lowest BCUT2D eigenvalue weighted by molar-refractivity contribution is -0.142. The number of carbonyl (C=O) groups is 2. The molecular formula is C25H21F3N4O2. The van der Waals surface area contributed by atoms with Gasteiger partial charge >= 0.3 is 6.18 Å². The molecule has 0 bridgehead atoms. The van der Waals surface area contributed by atoms with Crippen molar-refractivity contribution in [2.75, 3.05) is 10.3 Å². The van der Waals surface area contributed by atoms with Crippen LogP contribution in [-0.4, -0.2) is 23.9 Å². The van der Waals surface area contributed by atoms with Crippen molar-refractivity contribution >= 4 is 23.1 Å². The predicted molar refractivity (Wildman–Crippen MR) is 123 cm³/mol. The second-order valence-corrected chi connectivity index (χ2v) is 7.64. The average molecular weight is 466 g/mol. The van der Waals surface area contributed by atoms with Crippen molar-refractivity contribution in [3.63, 3.8) is 0 Å². The number of amides is 1. The zero-order valence-corrected chi connectivity index (χ0v) is 17.8. The summed E-state index contributed by atoms with van der Waals surface area (Å²) in [5.41, 5.74) is 9.88. The van der Waals surface area contributed by atoms with Crippen molar-refractivity contribution in [3.8, 4) is 0 Å². The second-order valence-electron chi connectivity index (χ2n) is 7.64. The van der Waals surface area contributed by atoms with Crippen LogP contribution in [0.3, 0.4) is 0 Å². The van der Waals surface area contributed by atoms with Crippen molar-refractivity contribution in [1.29, 1.82) is 0 Å². The maximum Gasteiger partial charge on any atom is 0.409 e. The summed E-state index contributed by atoms with van der Waals surface area (Å²) in [6.45, 7) is 0.192. The van der Waals surface area contributed by atoms with E-state index in [2.05, 4.69) is 10.7 Å². The summed E-state index contributed by atoms with van der Waals surface area (Å²) in [5.74, 6) is -1.00. The minimum Gasteiger partial charge on any atom is -0.326 e. The number of hydrazine groups is 1. The topological polar surface area (TPSA) is 87.5 Å². The number of rotatable bonds is 6. The maximum atomic E-state index is 13.4. The van der Waals surface area contributed by atoms with Crippen LogP contribution < -0.4 is 21.5 Å². The lowest BCUT2D eigenvalue weighted by atomic mass is 10.0. The Bertz CT molecular complexity index is 1240. The zero-order chi connectivity index (χ0) is 24.3. The fraction of sp³-hybridized carbons (Fsp3) is 0.120. The second kappa shape index (κ2) is 9.50. The van der Waals surface area contributed by atoms with Crippen LogP contribution in [0.2, 0.25) is 0 Å². The smallest absolute Gasteiger partial charge is 0.326 e. The van der Waals surface area contributed by atoms with Gasteiger partial charge < -0.3 is 11.1 Å². The van der Waals surface area contributed by atoms with E-state index in [9.17, 15) is 22.8 Å². The molecule has 9 heteroatoms. The Morgan fingerprint density at radius 3 is 2.35 bits per heavy atom. The summed E-state index contributed by atoms with van der Waals surface area (Å²) in [4.78, 5) is 25.8. The highest BCUT2D eigenvalue weighted by atomic mass is 19.4. The number of anilines is 2. The molecule has 1 aliphatic heterocycles. The molecule has 1 amide bonds. The number of nitrogens with one attached hydrogen (secondary N) is 2. The van der Waals surface area contributed by atoms with E-state index in [-0.39, 0.29) is 23.7 Å². The van der Waals surface area contributed by atoms with E-state index in [1.165, 1.54) is 6.07 Å². The first kappa shape index (κ1) is 23.2. The Kier molecular flexibility index (Phi) is 6.49. The molecule has 0 saturated carbocycles. The third-order valence-electron chi connectivity index (χ3n) is 5.24. The predicted octanol–water partition coefficient (Wildman–Crippen LogP) is 4.15. The summed E-state index contributed by atoms with van der Waals surface area (Å²) in [5, 5.41) is 3.69. The Morgan fingerprint density at radius 1 is 0.941 bits per heavy atom. The monoisotopic (exact) mass is 466 g/mol. The largest absolute Gasteiger partial charge is 0.409 e. The third kappa shape index (κ3) is 5.00. The molecule has 0 aromatic heterocycles. The van der Waals surface area contributed by atoms with Gasteiger partial charge in [0.2, 0.25) is 0 Å². The third-order valence-corrected chi connectivity index (χ3v) is 5.24. The molecule has 1 aliphatic rings. The van der Waals surface area contributed by atoms with Crippen molar-refractivity contribution in [3.05, 3.63) is 107 Å². The van der Waals surface area contributed by atoms with Crippen molar-refractivity contribution in [2.24, 2.45) is 5.73 Å². The minimum atomic E-state index is -4.60. The fourth-order valence-corrected chi connectivity index (χ4v) is 3.55. The molecule has 0 saturated heterocycles. The molecule has 1 unspecified atom stereocenters.